The second kappa shape index (κ2) is 11.1. The standard InChI is InChI=1S/C35H38N6O3/c1-43-34-7-2-21(16-38-34)10-25-11-27-5-3-24(25)19-40(27)33-6-4-23(17-37-33)30-13-28(20-41-35(30)26(15-36)18-39-41)44-9-8-22-12-32(42)31-14-29(22)31/h2,4,6-7,13,16-18,20,22,24-25,27,29,31-32,42H,3,5,8-12,14,19H2,1H3. The highest BCUT2D eigenvalue weighted by Crippen LogP contribution is 2.56. The lowest BCUT2D eigenvalue weighted by molar-refractivity contribution is 0.147. The first-order valence-electron chi connectivity index (χ1n) is 16.0. The summed E-state index contributed by atoms with van der Waals surface area (Å²) in [6, 6.07) is 13.1. The van der Waals surface area contributed by atoms with Crippen LogP contribution < -0.4 is 14.4 Å². The van der Waals surface area contributed by atoms with E-state index in [1.165, 1.54) is 24.8 Å². The maximum atomic E-state index is 10.2. The van der Waals surface area contributed by atoms with Crippen LogP contribution in [-0.4, -0.2) is 57.1 Å². The summed E-state index contributed by atoms with van der Waals surface area (Å²) in [4.78, 5) is 11.9. The molecule has 0 radical (unpaired) electrons. The minimum atomic E-state index is -0.129. The monoisotopic (exact) mass is 590 g/mol. The zero-order valence-corrected chi connectivity index (χ0v) is 25.0. The molecular formula is C35H38N6O3. The molecule has 9 heteroatoms. The molecule has 9 rings (SSSR count). The summed E-state index contributed by atoms with van der Waals surface area (Å²) in [5.41, 5.74) is 4.40. The number of nitrogens with zero attached hydrogens (tertiary/aromatic N) is 6. The number of pyridine rings is 3. The van der Waals surface area contributed by atoms with Crippen LogP contribution in [0.15, 0.2) is 55.1 Å². The third kappa shape index (κ3) is 4.95. The van der Waals surface area contributed by atoms with Crippen LogP contribution in [0.3, 0.4) is 0 Å². The fourth-order valence-corrected chi connectivity index (χ4v) is 8.45. The number of anilines is 1. The van der Waals surface area contributed by atoms with Gasteiger partial charge in [0.15, 0.2) is 0 Å². The van der Waals surface area contributed by atoms with Gasteiger partial charge in [-0.2, -0.15) is 10.4 Å². The van der Waals surface area contributed by atoms with E-state index in [9.17, 15) is 10.4 Å². The third-order valence-electron chi connectivity index (χ3n) is 10.8. The van der Waals surface area contributed by atoms with Gasteiger partial charge in [-0.25, -0.2) is 14.5 Å². The summed E-state index contributed by atoms with van der Waals surface area (Å²) >= 11 is 0. The average molecular weight is 591 g/mol. The van der Waals surface area contributed by atoms with Crippen molar-refractivity contribution in [3.05, 3.63) is 66.2 Å². The SMILES string of the molecule is COc1ccc(CC2CC3CCC2CN3c2ccc(-c3cc(OCCC4CC(O)C5CC45)cn4ncc(C#N)c34)cn2)cn1. The number of aliphatic hydroxyl groups is 1. The van der Waals surface area contributed by atoms with Crippen molar-refractivity contribution in [2.75, 3.05) is 25.2 Å². The number of nitriles is 1. The number of piperidine rings is 2. The highest BCUT2D eigenvalue weighted by atomic mass is 16.5. The first kappa shape index (κ1) is 27.4. The summed E-state index contributed by atoms with van der Waals surface area (Å²) < 4.78 is 13.2. The number of methoxy groups -OCH3 is 1. The van der Waals surface area contributed by atoms with Crippen LogP contribution >= 0.6 is 0 Å². The van der Waals surface area contributed by atoms with E-state index < -0.39 is 0 Å². The van der Waals surface area contributed by atoms with Crippen molar-refractivity contribution in [1.29, 1.82) is 5.26 Å². The van der Waals surface area contributed by atoms with Crippen LogP contribution in [-0.2, 0) is 6.42 Å². The van der Waals surface area contributed by atoms with Gasteiger partial charge in [0, 0.05) is 42.2 Å². The lowest BCUT2D eigenvalue weighted by atomic mass is 9.70. The second-order valence-corrected chi connectivity index (χ2v) is 13.3. The molecule has 2 bridgehead atoms. The normalized spacial score (nSPS) is 28.6. The maximum Gasteiger partial charge on any atom is 0.212 e. The predicted molar refractivity (Wildman–Crippen MR) is 165 cm³/mol. The average Bonchev–Trinajstić information content (AvgIpc) is 3.67. The molecule has 2 aliphatic heterocycles. The van der Waals surface area contributed by atoms with Crippen molar-refractivity contribution < 1.29 is 14.6 Å². The lowest BCUT2D eigenvalue weighted by Gasteiger charge is -2.50. The van der Waals surface area contributed by atoms with Crippen LogP contribution in [0.2, 0.25) is 0 Å². The van der Waals surface area contributed by atoms with Gasteiger partial charge in [-0.1, -0.05) is 6.07 Å². The molecule has 2 saturated heterocycles. The zero-order valence-electron chi connectivity index (χ0n) is 25.0. The Hall–Kier alpha value is -4.16. The summed E-state index contributed by atoms with van der Waals surface area (Å²) in [6.45, 7) is 1.63. The molecule has 1 N–H and O–H groups in total. The van der Waals surface area contributed by atoms with Crippen molar-refractivity contribution in [2.45, 2.75) is 57.1 Å². The molecule has 7 unspecified atom stereocenters. The summed E-state index contributed by atoms with van der Waals surface area (Å²) in [6.07, 6.45) is 14.9. The first-order valence-corrected chi connectivity index (χ1v) is 16.0. The molecule has 4 aromatic rings. The number of aromatic nitrogens is 4. The van der Waals surface area contributed by atoms with E-state index >= 15 is 0 Å². The Morgan fingerprint density at radius 3 is 2.64 bits per heavy atom. The molecule has 4 aromatic heterocycles. The van der Waals surface area contributed by atoms with Crippen molar-refractivity contribution in [2.24, 2.45) is 29.6 Å². The van der Waals surface area contributed by atoms with Gasteiger partial charge in [0.25, 0.3) is 0 Å². The van der Waals surface area contributed by atoms with E-state index in [1.807, 2.05) is 30.7 Å². The molecule has 0 spiro atoms. The fraction of sp³-hybridized carbons (Fsp3) is 0.486. The van der Waals surface area contributed by atoms with Crippen molar-refractivity contribution >= 4 is 11.3 Å². The van der Waals surface area contributed by atoms with Crippen LogP contribution in [0, 0.1) is 40.9 Å². The largest absolute Gasteiger partial charge is 0.492 e. The number of rotatable bonds is 9. The molecule has 226 valence electrons. The van der Waals surface area contributed by atoms with Crippen molar-refractivity contribution in [3.63, 3.8) is 0 Å². The van der Waals surface area contributed by atoms with Gasteiger partial charge in [-0.05, 0) is 98.3 Å². The van der Waals surface area contributed by atoms with Gasteiger partial charge in [-0.15, -0.1) is 0 Å². The van der Waals surface area contributed by atoms with E-state index in [0.29, 0.717) is 53.7 Å². The zero-order chi connectivity index (χ0) is 29.8. The van der Waals surface area contributed by atoms with E-state index in [2.05, 4.69) is 39.3 Å². The molecule has 6 heterocycles. The van der Waals surface area contributed by atoms with E-state index in [1.54, 1.807) is 17.8 Å². The lowest BCUT2D eigenvalue weighted by Crippen LogP contribution is -2.52. The molecule has 44 heavy (non-hydrogen) atoms. The number of fused-ring (bicyclic) bond motifs is 5. The molecule has 5 aliphatic rings. The molecule has 0 amide bonds. The van der Waals surface area contributed by atoms with Crippen molar-refractivity contribution in [3.8, 4) is 28.8 Å². The molecule has 9 nitrogen and oxygen atoms in total. The summed E-state index contributed by atoms with van der Waals surface area (Å²) in [7, 11) is 1.65. The highest BCUT2D eigenvalue weighted by molar-refractivity contribution is 5.85. The van der Waals surface area contributed by atoms with Gasteiger partial charge in [0.05, 0.1) is 43.3 Å². The van der Waals surface area contributed by atoms with E-state index in [0.717, 1.165) is 60.4 Å². The second-order valence-electron chi connectivity index (χ2n) is 13.3. The number of hydrogen-bond donors (Lipinski definition) is 1. The van der Waals surface area contributed by atoms with Crippen LogP contribution in [0.25, 0.3) is 16.6 Å². The molecule has 5 fully saturated rings. The molecule has 0 aromatic carbocycles. The Balaban J connectivity index is 0.981. The number of aliphatic hydroxyl groups excluding tert-OH is 1. The maximum absolute atomic E-state index is 10.2. The predicted octanol–water partition coefficient (Wildman–Crippen LogP) is 5.30. The molecule has 3 saturated carbocycles. The minimum Gasteiger partial charge on any atom is -0.492 e. The fourth-order valence-electron chi connectivity index (χ4n) is 8.45. The first-order chi connectivity index (χ1) is 21.6. The van der Waals surface area contributed by atoms with Crippen LogP contribution in [0.1, 0.15) is 49.7 Å². The number of ether oxygens (including phenoxy) is 2. The van der Waals surface area contributed by atoms with E-state index in [-0.39, 0.29) is 6.10 Å². The van der Waals surface area contributed by atoms with Gasteiger partial charge in [-0.3, -0.25) is 0 Å². The van der Waals surface area contributed by atoms with Gasteiger partial charge in [0.1, 0.15) is 17.6 Å². The topological polar surface area (TPSA) is 109 Å². The van der Waals surface area contributed by atoms with Gasteiger partial charge >= 0.3 is 0 Å². The minimum absolute atomic E-state index is 0.129. The molecular weight excluding hydrogens is 552 g/mol. The summed E-state index contributed by atoms with van der Waals surface area (Å²) in [5, 5.41) is 24.4. The Labute approximate surface area is 257 Å². The third-order valence-corrected chi connectivity index (χ3v) is 10.8. The Bertz CT molecular complexity index is 1700. The Morgan fingerprint density at radius 2 is 1.95 bits per heavy atom. The Kier molecular flexibility index (Phi) is 6.90. The molecule has 3 aliphatic carbocycles. The van der Waals surface area contributed by atoms with Crippen molar-refractivity contribution in [1.82, 2.24) is 19.6 Å². The smallest absolute Gasteiger partial charge is 0.212 e. The van der Waals surface area contributed by atoms with Gasteiger partial charge < -0.3 is 19.5 Å². The quantitative estimate of drug-likeness (QED) is 0.280. The van der Waals surface area contributed by atoms with E-state index in [4.69, 9.17) is 14.5 Å². The number of hydrogen-bond acceptors (Lipinski definition) is 8. The summed E-state index contributed by atoms with van der Waals surface area (Å²) in [5.74, 6) is 5.44. The van der Waals surface area contributed by atoms with Crippen LogP contribution in [0.5, 0.6) is 11.6 Å². The van der Waals surface area contributed by atoms with Gasteiger partial charge in [0.2, 0.25) is 5.88 Å². The highest BCUT2D eigenvalue weighted by Gasteiger charge is 2.53. The molecule has 7 atom stereocenters. The van der Waals surface area contributed by atoms with Crippen LogP contribution in [0.4, 0.5) is 5.82 Å². The Morgan fingerprint density at radius 1 is 1.02 bits per heavy atom.